The van der Waals surface area contributed by atoms with E-state index >= 15 is 0 Å². The number of aliphatic carboxylic acids is 4. The zero-order valence-electron chi connectivity index (χ0n) is 23.0. The summed E-state index contributed by atoms with van der Waals surface area (Å²) in [5.41, 5.74) is 1.05. The van der Waals surface area contributed by atoms with Crippen LogP contribution in [0.15, 0.2) is 61.0 Å². The summed E-state index contributed by atoms with van der Waals surface area (Å²) in [5, 5.41) is 35.8. The van der Waals surface area contributed by atoms with Crippen molar-refractivity contribution in [3.8, 4) is 0 Å². The first-order valence-electron chi connectivity index (χ1n) is 12.8. The third kappa shape index (κ3) is 13.5. The topological polar surface area (TPSA) is 206 Å². The van der Waals surface area contributed by atoms with Gasteiger partial charge in [0.1, 0.15) is 0 Å². The lowest BCUT2D eigenvalue weighted by Crippen LogP contribution is -2.50. The maximum absolute atomic E-state index is 13.0. The Labute approximate surface area is 249 Å². The number of anilines is 2. The minimum absolute atomic E-state index is 0.360. The minimum atomic E-state index is -1.26. The summed E-state index contributed by atoms with van der Waals surface area (Å²) in [6.07, 6.45) is 5.72. The summed E-state index contributed by atoms with van der Waals surface area (Å²) in [7, 11) is 0. The standard InChI is InChI=1S/C19H23FN6S.2C4H4O4/c1-2-15(23-19-24-16-5-3-4-6-17(16)27-19)13-25-7-9-26(10-8-25)18-21-11-14(20)12-22-18;2*5-3(6)1-2-4(7)8/h3-6,11-12,15H,2,7-10,13H2,1H3,(H,23,24);2*1-2H,(H,5,6)(H,7,8). The van der Waals surface area contributed by atoms with E-state index in [9.17, 15) is 23.6 Å². The molecule has 3 heterocycles. The van der Waals surface area contributed by atoms with Crippen LogP contribution in [-0.2, 0) is 19.2 Å². The van der Waals surface area contributed by atoms with Crippen molar-refractivity contribution in [3.63, 3.8) is 0 Å². The number of carboxylic acids is 4. The van der Waals surface area contributed by atoms with E-state index in [1.54, 1.807) is 11.3 Å². The second-order valence-corrected chi connectivity index (χ2v) is 9.78. The van der Waals surface area contributed by atoms with Crippen molar-refractivity contribution in [2.24, 2.45) is 0 Å². The highest BCUT2D eigenvalue weighted by Crippen LogP contribution is 2.26. The average Bonchev–Trinajstić information content (AvgIpc) is 3.38. The van der Waals surface area contributed by atoms with Crippen LogP contribution in [0, 0.1) is 5.82 Å². The summed E-state index contributed by atoms with van der Waals surface area (Å²) in [4.78, 5) is 55.6. The van der Waals surface area contributed by atoms with Gasteiger partial charge in [-0.05, 0) is 18.6 Å². The molecule has 1 aliphatic rings. The van der Waals surface area contributed by atoms with Crippen molar-refractivity contribution in [1.29, 1.82) is 0 Å². The minimum Gasteiger partial charge on any atom is -0.478 e. The van der Waals surface area contributed by atoms with E-state index in [4.69, 9.17) is 20.4 Å². The molecule has 0 spiro atoms. The molecule has 2 aromatic heterocycles. The fraction of sp³-hybridized carbons (Fsp3) is 0.296. The van der Waals surface area contributed by atoms with E-state index in [2.05, 4.69) is 49.1 Å². The van der Waals surface area contributed by atoms with Gasteiger partial charge in [-0.3, -0.25) is 4.90 Å². The lowest BCUT2D eigenvalue weighted by Gasteiger charge is -2.36. The number of hydrogen-bond acceptors (Lipinski definition) is 11. The average molecular weight is 619 g/mol. The van der Waals surface area contributed by atoms with E-state index in [0.29, 0.717) is 36.3 Å². The van der Waals surface area contributed by atoms with E-state index < -0.39 is 29.7 Å². The number of rotatable bonds is 10. The molecule has 230 valence electrons. The van der Waals surface area contributed by atoms with Crippen molar-refractivity contribution >= 4 is 56.5 Å². The van der Waals surface area contributed by atoms with Gasteiger partial charge >= 0.3 is 23.9 Å². The SMILES string of the molecule is CCC(CN1CCN(c2ncc(F)cn2)CC1)Nc1nc2ccccc2s1.O=C(O)C=CC(=O)O.O=C(O)C=CC(=O)O. The number of fused-ring (bicyclic) bond motifs is 1. The van der Waals surface area contributed by atoms with Crippen LogP contribution in [-0.4, -0.2) is 103 Å². The number of piperazine rings is 1. The van der Waals surface area contributed by atoms with Crippen LogP contribution in [0.5, 0.6) is 0 Å². The maximum atomic E-state index is 13.0. The van der Waals surface area contributed by atoms with Gasteiger partial charge in [0.2, 0.25) is 5.95 Å². The van der Waals surface area contributed by atoms with E-state index in [1.807, 2.05) is 12.1 Å². The highest BCUT2D eigenvalue weighted by molar-refractivity contribution is 7.22. The zero-order valence-corrected chi connectivity index (χ0v) is 23.9. The largest absolute Gasteiger partial charge is 0.478 e. The molecular weight excluding hydrogens is 587 g/mol. The molecule has 1 unspecified atom stereocenters. The summed E-state index contributed by atoms with van der Waals surface area (Å²) in [6, 6.07) is 8.59. The summed E-state index contributed by atoms with van der Waals surface area (Å²) in [6.45, 7) is 6.77. The monoisotopic (exact) mass is 618 g/mol. The van der Waals surface area contributed by atoms with Crippen LogP contribution in [0.3, 0.4) is 0 Å². The molecule has 1 saturated heterocycles. The number of halogens is 1. The number of para-hydroxylation sites is 1. The van der Waals surface area contributed by atoms with E-state index in [0.717, 1.165) is 49.8 Å². The molecular formula is C27H31FN6O8S. The van der Waals surface area contributed by atoms with Crippen LogP contribution >= 0.6 is 11.3 Å². The fourth-order valence-corrected chi connectivity index (χ4v) is 4.52. The normalized spacial score (nSPS) is 14.0. The van der Waals surface area contributed by atoms with Crippen LogP contribution in [0.25, 0.3) is 10.2 Å². The molecule has 1 atom stereocenters. The molecule has 43 heavy (non-hydrogen) atoms. The first-order chi connectivity index (χ1) is 20.5. The Bertz CT molecular complexity index is 1330. The molecule has 0 amide bonds. The Hall–Kier alpha value is -4.96. The van der Waals surface area contributed by atoms with Gasteiger partial charge in [-0.2, -0.15) is 0 Å². The van der Waals surface area contributed by atoms with Crippen molar-refractivity contribution < 1.29 is 44.0 Å². The van der Waals surface area contributed by atoms with Crippen molar-refractivity contribution in [2.75, 3.05) is 42.9 Å². The van der Waals surface area contributed by atoms with Gasteiger partial charge in [-0.15, -0.1) is 0 Å². The molecule has 1 aromatic carbocycles. The zero-order chi connectivity index (χ0) is 31.8. The van der Waals surface area contributed by atoms with E-state index in [-0.39, 0.29) is 0 Å². The lowest BCUT2D eigenvalue weighted by molar-refractivity contribution is -0.134. The Morgan fingerprint density at radius 2 is 1.42 bits per heavy atom. The maximum Gasteiger partial charge on any atom is 0.328 e. The van der Waals surface area contributed by atoms with Crippen LogP contribution in [0.4, 0.5) is 15.5 Å². The van der Waals surface area contributed by atoms with Crippen LogP contribution < -0.4 is 10.2 Å². The summed E-state index contributed by atoms with van der Waals surface area (Å²) < 4.78 is 14.2. The molecule has 16 heteroatoms. The third-order valence-corrected chi connectivity index (χ3v) is 6.56. The van der Waals surface area contributed by atoms with Gasteiger partial charge in [-0.25, -0.2) is 38.5 Å². The quantitative estimate of drug-likeness (QED) is 0.207. The van der Waals surface area contributed by atoms with Crippen LogP contribution in [0.1, 0.15) is 13.3 Å². The van der Waals surface area contributed by atoms with Gasteiger partial charge in [-0.1, -0.05) is 30.4 Å². The predicted molar refractivity (Wildman–Crippen MR) is 157 cm³/mol. The van der Waals surface area contributed by atoms with Crippen molar-refractivity contribution in [2.45, 2.75) is 19.4 Å². The molecule has 4 rings (SSSR count). The Kier molecular flexibility index (Phi) is 14.1. The van der Waals surface area contributed by atoms with Crippen molar-refractivity contribution in [3.05, 3.63) is 66.8 Å². The highest BCUT2D eigenvalue weighted by atomic mass is 32.1. The Morgan fingerprint density at radius 3 is 1.88 bits per heavy atom. The summed E-state index contributed by atoms with van der Waals surface area (Å²) >= 11 is 1.71. The summed E-state index contributed by atoms with van der Waals surface area (Å²) in [5.74, 6) is -4.82. The predicted octanol–water partition coefficient (Wildman–Crippen LogP) is 2.66. The molecule has 3 aromatic rings. The molecule has 14 nitrogen and oxygen atoms in total. The smallest absolute Gasteiger partial charge is 0.328 e. The first kappa shape index (κ1) is 34.2. The number of nitrogens with zero attached hydrogens (tertiary/aromatic N) is 5. The van der Waals surface area contributed by atoms with Gasteiger partial charge in [0.05, 0.1) is 22.6 Å². The first-order valence-corrected chi connectivity index (χ1v) is 13.6. The lowest BCUT2D eigenvalue weighted by atomic mass is 10.2. The molecule has 0 radical (unpaired) electrons. The number of nitrogens with one attached hydrogen (secondary N) is 1. The second kappa shape index (κ2) is 17.8. The van der Waals surface area contributed by atoms with E-state index in [1.165, 1.54) is 17.1 Å². The number of carbonyl (C=O) groups is 4. The van der Waals surface area contributed by atoms with Gasteiger partial charge < -0.3 is 30.6 Å². The van der Waals surface area contributed by atoms with Gasteiger partial charge in [0, 0.05) is 63.1 Å². The van der Waals surface area contributed by atoms with Crippen LogP contribution in [0.2, 0.25) is 0 Å². The second-order valence-electron chi connectivity index (χ2n) is 8.74. The number of benzene rings is 1. The van der Waals surface area contributed by atoms with Gasteiger partial charge in [0.25, 0.3) is 0 Å². The number of thiazole rings is 1. The highest BCUT2D eigenvalue weighted by Gasteiger charge is 2.21. The number of hydrogen-bond donors (Lipinski definition) is 5. The Morgan fingerprint density at radius 1 is 0.907 bits per heavy atom. The number of carboxylic acid groups (broad SMARTS) is 4. The third-order valence-electron chi connectivity index (χ3n) is 5.59. The molecule has 0 aliphatic carbocycles. The fourth-order valence-electron chi connectivity index (χ4n) is 3.58. The molecule has 0 bridgehead atoms. The number of aromatic nitrogens is 3. The Balaban J connectivity index is 0.000000334. The van der Waals surface area contributed by atoms with Crippen molar-refractivity contribution in [1.82, 2.24) is 19.9 Å². The molecule has 1 aliphatic heterocycles. The molecule has 5 N–H and O–H groups in total. The van der Waals surface area contributed by atoms with Gasteiger partial charge in [0.15, 0.2) is 10.9 Å². The molecule has 0 saturated carbocycles. The molecule has 1 fully saturated rings.